The van der Waals surface area contributed by atoms with Crippen LogP contribution in [0.3, 0.4) is 0 Å². The third-order valence-electron chi connectivity index (χ3n) is 3.93. The Morgan fingerprint density at radius 3 is 2.46 bits per heavy atom. The van der Waals surface area contributed by atoms with Crippen molar-refractivity contribution < 1.29 is 9.59 Å². The van der Waals surface area contributed by atoms with Crippen molar-refractivity contribution in [3.05, 3.63) is 68.8 Å². The first-order chi connectivity index (χ1) is 13.5. The quantitative estimate of drug-likeness (QED) is 0.484. The molecule has 0 unspecified atom stereocenters. The fourth-order valence-electron chi connectivity index (χ4n) is 2.54. The number of nitrogens with one attached hydrogen (secondary N) is 3. The first kappa shape index (κ1) is 19.0. The van der Waals surface area contributed by atoms with Gasteiger partial charge < -0.3 is 10.6 Å². The van der Waals surface area contributed by atoms with E-state index in [0.29, 0.717) is 5.69 Å². The van der Waals surface area contributed by atoms with Crippen molar-refractivity contribution in [3.63, 3.8) is 0 Å². The van der Waals surface area contributed by atoms with Gasteiger partial charge in [-0.1, -0.05) is 12.1 Å². The number of nitrogens with zero attached hydrogens (tertiary/aromatic N) is 3. The molecule has 144 valence electrons. The Bertz CT molecular complexity index is 1130. The number of H-pyrrole nitrogens is 1. The Labute approximate surface area is 158 Å². The second kappa shape index (κ2) is 8.25. The number of carbonyl (C=O) groups is 2. The van der Waals surface area contributed by atoms with E-state index in [9.17, 15) is 19.2 Å². The fraction of sp³-hybridized carbons (Fsp3) is 0.222. The van der Waals surface area contributed by atoms with Crippen LogP contribution in [0.2, 0.25) is 0 Å². The minimum atomic E-state index is -0.475. The van der Waals surface area contributed by atoms with Gasteiger partial charge in [-0.05, 0) is 19.1 Å². The molecule has 3 aromatic rings. The van der Waals surface area contributed by atoms with Gasteiger partial charge in [0.25, 0.3) is 17.0 Å². The van der Waals surface area contributed by atoms with E-state index in [1.54, 1.807) is 25.1 Å². The zero-order valence-electron chi connectivity index (χ0n) is 15.1. The third kappa shape index (κ3) is 4.29. The third-order valence-corrected chi connectivity index (χ3v) is 3.93. The van der Waals surface area contributed by atoms with Crippen LogP contribution in [-0.2, 0) is 11.3 Å². The smallest absolute Gasteiger partial charge is 0.273 e. The molecule has 3 N–H and O–H groups in total. The number of fused-ring (bicyclic) bond motifs is 1. The molecule has 0 aliphatic heterocycles. The van der Waals surface area contributed by atoms with Gasteiger partial charge >= 0.3 is 0 Å². The molecule has 0 fully saturated rings. The summed E-state index contributed by atoms with van der Waals surface area (Å²) in [5, 5.41) is 8.07. The van der Waals surface area contributed by atoms with Crippen molar-refractivity contribution in [2.45, 2.75) is 13.5 Å². The van der Waals surface area contributed by atoms with E-state index >= 15 is 0 Å². The maximum Gasteiger partial charge on any atom is 0.273 e. The summed E-state index contributed by atoms with van der Waals surface area (Å²) < 4.78 is 0.959. The highest BCUT2D eigenvalue weighted by molar-refractivity contribution is 5.91. The second-order valence-electron chi connectivity index (χ2n) is 6.03. The zero-order valence-corrected chi connectivity index (χ0v) is 15.1. The Morgan fingerprint density at radius 2 is 1.75 bits per heavy atom. The molecular weight excluding hydrogens is 364 g/mol. The number of carbonyl (C=O) groups excluding carboxylic acids is 2. The van der Waals surface area contributed by atoms with E-state index in [0.717, 1.165) is 4.68 Å². The Balaban J connectivity index is 1.54. The lowest BCUT2D eigenvalue weighted by atomic mass is 10.2. The van der Waals surface area contributed by atoms with E-state index in [4.69, 9.17) is 0 Å². The highest BCUT2D eigenvalue weighted by Gasteiger charge is 2.10. The Morgan fingerprint density at radius 1 is 1.04 bits per heavy atom. The van der Waals surface area contributed by atoms with E-state index in [-0.39, 0.29) is 36.1 Å². The van der Waals surface area contributed by atoms with Crippen LogP contribution in [0.1, 0.15) is 16.2 Å². The van der Waals surface area contributed by atoms with Crippen LogP contribution in [-0.4, -0.2) is 44.7 Å². The summed E-state index contributed by atoms with van der Waals surface area (Å²) >= 11 is 0. The number of hydrogen-bond donors (Lipinski definition) is 3. The summed E-state index contributed by atoms with van der Waals surface area (Å²) in [5.74, 6) is -0.880. The van der Waals surface area contributed by atoms with Crippen LogP contribution in [0.5, 0.6) is 0 Å². The molecule has 0 aliphatic carbocycles. The van der Waals surface area contributed by atoms with Gasteiger partial charge in [0, 0.05) is 19.3 Å². The number of aryl methyl sites for hydroxylation is 1. The first-order valence-corrected chi connectivity index (χ1v) is 8.51. The predicted molar refractivity (Wildman–Crippen MR) is 101 cm³/mol. The molecule has 1 aromatic carbocycles. The molecule has 3 rings (SSSR count). The van der Waals surface area contributed by atoms with E-state index in [2.05, 4.69) is 25.7 Å². The van der Waals surface area contributed by atoms with Gasteiger partial charge in [-0.2, -0.15) is 0 Å². The van der Waals surface area contributed by atoms with Crippen molar-refractivity contribution >= 4 is 22.6 Å². The van der Waals surface area contributed by atoms with Crippen molar-refractivity contribution in [3.8, 4) is 0 Å². The number of aromatic amines is 1. The lowest BCUT2D eigenvalue weighted by Crippen LogP contribution is -2.39. The molecule has 0 saturated carbocycles. The largest absolute Gasteiger partial charge is 0.353 e. The average molecular weight is 382 g/mol. The van der Waals surface area contributed by atoms with Crippen LogP contribution >= 0.6 is 0 Å². The fourth-order valence-corrected chi connectivity index (χ4v) is 2.54. The maximum atomic E-state index is 12.4. The second-order valence-corrected chi connectivity index (χ2v) is 6.03. The van der Waals surface area contributed by atoms with Crippen molar-refractivity contribution in [1.82, 2.24) is 30.4 Å². The highest BCUT2D eigenvalue weighted by atomic mass is 16.2. The average Bonchev–Trinajstić information content (AvgIpc) is 2.69. The summed E-state index contributed by atoms with van der Waals surface area (Å²) in [6.45, 7) is 1.74. The molecule has 2 heterocycles. The van der Waals surface area contributed by atoms with E-state index in [1.165, 1.54) is 18.5 Å². The maximum absolute atomic E-state index is 12.4. The van der Waals surface area contributed by atoms with E-state index < -0.39 is 22.9 Å². The van der Waals surface area contributed by atoms with Gasteiger partial charge in [0.05, 0.1) is 22.7 Å². The number of rotatable bonds is 6. The van der Waals surface area contributed by atoms with Gasteiger partial charge in [0.1, 0.15) is 12.2 Å². The minimum Gasteiger partial charge on any atom is -0.353 e. The van der Waals surface area contributed by atoms with Crippen LogP contribution in [0.25, 0.3) is 10.8 Å². The molecule has 0 bridgehead atoms. The highest BCUT2D eigenvalue weighted by Crippen LogP contribution is 2.02. The summed E-state index contributed by atoms with van der Waals surface area (Å²) in [7, 11) is 0. The molecule has 0 aliphatic rings. The number of aromatic nitrogens is 4. The molecule has 10 heteroatoms. The lowest BCUT2D eigenvalue weighted by Gasteiger charge is -2.09. The Hall–Kier alpha value is -3.82. The standard InChI is InChI=1S/C18H18N6O4/c1-11-8-22-14(9-21-11)17(27)20-7-6-19-15(25)10-24-18(28)13-5-3-2-4-12(13)16(26)23-24/h2-5,8-9H,6-7,10H2,1H3,(H,19,25)(H,20,27)(H,23,26). The molecule has 0 radical (unpaired) electrons. The van der Waals surface area contributed by atoms with Crippen LogP contribution in [0, 0.1) is 6.92 Å². The molecule has 0 saturated heterocycles. The molecule has 28 heavy (non-hydrogen) atoms. The SMILES string of the molecule is Cc1cnc(C(=O)NCCNC(=O)Cn2[nH]c(=O)c3ccccc3c2=O)cn1. The predicted octanol–water partition coefficient (Wildman–Crippen LogP) is -0.666. The molecule has 2 aromatic heterocycles. The van der Waals surface area contributed by atoms with Gasteiger partial charge in [-0.15, -0.1) is 0 Å². The summed E-state index contributed by atoms with van der Waals surface area (Å²) in [5.41, 5.74) is -0.0333. The van der Waals surface area contributed by atoms with Crippen LogP contribution in [0.4, 0.5) is 0 Å². The summed E-state index contributed by atoms with van der Waals surface area (Å²) in [6.07, 6.45) is 2.85. The van der Waals surface area contributed by atoms with E-state index in [1.807, 2.05) is 0 Å². The van der Waals surface area contributed by atoms with Crippen LogP contribution < -0.4 is 21.8 Å². The minimum absolute atomic E-state index is 0.149. The van der Waals surface area contributed by atoms with Crippen LogP contribution in [0.15, 0.2) is 46.2 Å². The number of amides is 2. The topological polar surface area (TPSA) is 139 Å². The van der Waals surface area contributed by atoms with Crippen molar-refractivity contribution in [2.24, 2.45) is 0 Å². The van der Waals surface area contributed by atoms with Gasteiger partial charge in [0.15, 0.2) is 0 Å². The summed E-state index contributed by atoms with van der Waals surface area (Å²) in [6, 6.07) is 6.38. The molecule has 10 nitrogen and oxygen atoms in total. The molecule has 0 atom stereocenters. The molecule has 0 spiro atoms. The van der Waals surface area contributed by atoms with Gasteiger partial charge in [-0.3, -0.25) is 29.3 Å². The summed E-state index contributed by atoms with van der Waals surface area (Å²) in [4.78, 5) is 56.2. The van der Waals surface area contributed by atoms with Crippen molar-refractivity contribution in [1.29, 1.82) is 0 Å². The zero-order chi connectivity index (χ0) is 20.1. The van der Waals surface area contributed by atoms with Crippen molar-refractivity contribution in [2.75, 3.05) is 13.1 Å². The first-order valence-electron chi connectivity index (χ1n) is 8.51. The van der Waals surface area contributed by atoms with Gasteiger partial charge in [0.2, 0.25) is 5.91 Å². The Kier molecular flexibility index (Phi) is 5.58. The molecule has 2 amide bonds. The number of hydrogen-bond acceptors (Lipinski definition) is 6. The monoisotopic (exact) mass is 382 g/mol. The lowest BCUT2D eigenvalue weighted by molar-refractivity contribution is -0.121. The normalized spacial score (nSPS) is 10.6. The molecular formula is C18H18N6O4. The number of benzene rings is 1. The van der Waals surface area contributed by atoms with Gasteiger partial charge in [-0.25, -0.2) is 9.67 Å².